The van der Waals surface area contributed by atoms with Crippen LogP contribution >= 0.6 is 11.6 Å². The number of hydrogen-bond acceptors (Lipinski definition) is 3. The van der Waals surface area contributed by atoms with Gasteiger partial charge >= 0.3 is 0 Å². The zero-order chi connectivity index (χ0) is 18.5. The molecule has 1 fully saturated rings. The topological polar surface area (TPSA) is 70.5 Å². The van der Waals surface area contributed by atoms with Gasteiger partial charge in [-0.05, 0) is 38.0 Å². The molecule has 0 aliphatic carbocycles. The van der Waals surface area contributed by atoms with Crippen LogP contribution in [0.15, 0.2) is 23.0 Å². The van der Waals surface area contributed by atoms with Gasteiger partial charge < -0.3 is 14.8 Å². The monoisotopic (exact) mass is 377 g/mol. The normalized spacial score (nSPS) is 16.5. The highest BCUT2D eigenvalue weighted by Gasteiger charge is 2.21. The first-order valence-electron chi connectivity index (χ1n) is 9.36. The van der Waals surface area contributed by atoms with E-state index in [1.165, 1.54) is 12.8 Å². The number of carbonyl (C=O) groups is 1. The average molecular weight is 378 g/mol. The van der Waals surface area contributed by atoms with Crippen molar-refractivity contribution >= 4 is 28.4 Å². The minimum Gasteiger partial charge on any atom is -0.338 e. The van der Waals surface area contributed by atoms with Gasteiger partial charge in [0, 0.05) is 18.1 Å². The predicted molar refractivity (Wildman–Crippen MR) is 102 cm³/mol. The molecule has 0 spiro atoms. The van der Waals surface area contributed by atoms with Crippen LogP contribution in [0.1, 0.15) is 38.4 Å². The Balaban J connectivity index is 1.72. The lowest BCUT2D eigenvalue weighted by Gasteiger charge is -2.23. The summed E-state index contributed by atoms with van der Waals surface area (Å²) in [6, 6.07) is 5.06. The van der Waals surface area contributed by atoms with Crippen molar-refractivity contribution in [3.05, 3.63) is 39.4 Å². The Morgan fingerprint density at radius 3 is 2.69 bits per heavy atom. The smallest absolute Gasteiger partial charge is 0.277 e. The Kier molecular flexibility index (Phi) is 6.27. The van der Waals surface area contributed by atoms with E-state index in [4.69, 9.17) is 11.6 Å². The van der Waals surface area contributed by atoms with Crippen LogP contribution in [0.5, 0.6) is 0 Å². The molecule has 2 heterocycles. The fourth-order valence-corrected chi connectivity index (χ4v) is 3.61. The molecule has 3 rings (SSSR count). The zero-order valence-electron chi connectivity index (χ0n) is 15.2. The van der Waals surface area contributed by atoms with E-state index in [0.29, 0.717) is 34.8 Å². The van der Waals surface area contributed by atoms with Crippen LogP contribution in [0, 0.1) is 0 Å². The number of likely N-dealkylation sites (N-methyl/N-ethyl adjacent to an activating group) is 1. The van der Waals surface area contributed by atoms with Crippen molar-refractivity contribution in [1.82, 2.24) is 14.9 Å². The number of likely N-dealkylation sites (tertiary alicyclic amines) is 1. The lowest BCUT2D eigenvalue weighted by atomic mass is 10.2. The lowest BCUT2D eigenvalue weighted by Crippen LogP contribution is -3.11. The van der Waals surface area contributed by atoms with Crippen molar-refractivity contribution in [1.29, 1.82) is 0 Å². The van der Waals surface area contributed by atoms with E-state index in [-0.39, 0.29) is 11.5 Å². The fraction of sp³-hybridized carbons (Fsp3) is 0.526. The number of fused-ring (bicyclic) bond motifs is 1. The number of quaternary nitrogens is 1. The minimum atomic E-state index is -0.170. The van der Waals surface area contributed by atoms with Crippen molar-refractivity contribution in [2.45, 2.75) is 39.2 Å². The number of nitrogens with one attached hydrogen (secondary N) is 2. The molecule has 1 aromatic heterocycles. The van der Waals surface area contributed by atoms with Crippen molar-refractivity contribution in [3.63, 3.8) is 0 Å². The van der Waals surface area contributed by atoms with Crippen LogP contribution in [0.3, 0.4) is 0 Å². The molecule has 1 saturated heterocycles. The Labute approximate surface area is 158 Å². The highest BCUT2D eigenvalue weighted by molar-refractivity contribution is 6.31. The molecule has 0 bridgehead atoms. The molecule has 1 atom stereocenters. The summed E-state index contributed by atoms with van der Waals surface area (Å²) in [6.45, 7) is 5.48. The number of hydrogen-bond donors (Lipinski definition) is 2. The largest absolute Gasteiger partial charge is 0.338 e. The summed E-state index contributed by atoms with van der Waals surface area (Å²) >= 11 is 6.02. The van der Waals surface area contributed by atoms with Gasteiger partial charge in [-0.25, -0.2) is 4.98 Å². The van der Waals surface area contributed by atoms with E-state index < -0.39 is 0 Å². The van der Waals surface area contributed by atoms with Gasteiger partial charge in [0.15, 0.2) is 12.4 Å². The van der Waals surface area contributed by atoms with E-state index in [1.807, 2.05) is 11.8 Å². The Bertz CT molecular complexity index is 828. The summed E-state index contributed by atoms with van der Waals surface area (Å²) in [6.07, 6.45) is 4.60. The van der Waals surface area contributed by atoms with Crippen molar-refractivity contribution < 1.29 is 9.69 Å². The Hall–Kier alpha value is -1.92. The molecule has 1 unspecified atom stereocenters. The number of aromatic nitrogens is 2. The van der Waals surface area contributed by atoms with Crippen LogP contribution in [0.4, 0.5) is 0 Å². The third-order valence-electron chi connectivity index (χ3n) is 5.00. The van der Waals surface area contributed by atoms with Gasteiger partial charge in [-0.2, -0.15) is 0 Å². The van der Waals surface area contributed by atoms with E-state index >= 15 is 0 Å². The Morgan fingerprint density at radius 1 is 1.27 bits per heavy atom. The third kappa shape index (κ3) is 4.62. The summed E-state index contributed by atoms with van der Waals surface area (Å²) in [5.41, 5.74) is 0.418. The standard InChI is InChI=1S/C19H25ClN4O2/c1-2-23(13-18(25)24-9-5-3-4-6-10-24)12-17-21-16-11-14(20)7-8-15(16)19(26)22-17/h7-8,11H,2-6,9-10,12-13H2,1H3,(H,21,22,26)/p+1. The average Bonchev–Trinajstić information content (AvgIpc) is 2.90. The first-order valence-corrected chi connectivity index (χ1v) is 9.74. The van der Waals surface area contributed by atoms with Gasteiger partial charge in [-0.1, -0.05) is 24.4 Å². The first kappa shape index (κ1) is 18.9. The summed E-state index contributed by atoms with van der Waals surface area (Å²) < 4.78 is 0. The van der Waals surface area contributed by atoms with E-state index in [9.17, 15) is 9.59 Å². The second-order valence-corrected chi connectivity index (χ2v) is 7.36. The molecule has 7 heteroatoms. The number of nitrogens with zero attached hydrogens (tertiary/aromatic N) is 2. The summed E-state index contributed by atoms with van der Waals surface area (Å²) in [7, 11) is 0. The molecule has 1 aliphatic heterocycles. The van der Waals surface area contributed by atoms with Crippen molar-refractivity contribution in [3.8, 4) is 0 Å². The fourth-order valence-electron chi connectivity index (χ4n) is 3.44. The number of aromatic amines is 1. The SMILES string of the molecule is CC[NH+](CC(=O)N1CCCCCC1)Cc1nc2cc(Cl)ccc2c(=O)[nH]1. The number of benzene rings is 1. The number of halogens is 1. The molecule has 6 nitrogen and oxygen atoms in total. The second kappa shape index (κ2) is 8.64. The van der Waals surface area contributed by atoms with Crippen LogP contribution in [0.25, 0.3) is 10.9 Å². The maximum absolute atomic E-state index is 12.6. The zero-order valence-corrected chi connectivity index (χ0v) is 15.9. The first-order chi connectivity index (χ1) is 12.6. The van der Waals surface area contributed by atoms with E-state index in [1.54, 1.807) is 18.2 Å². The summed E-state index contributed by atoms with van der Waals surface area (Å²) in [5, 5.41) is 1.08. The van der Waals surface area contributed by atoms with Crippen LogP contribution in [-0.2, 0) is 11.3 Å². The second-order valence-electron chi connectivity index (χ2n) is 6.93. The van der Waals surface area contributed by atoms with E-state index in [0.717, 1.165) is 37.4 Å². The van der Waals surface area contributed by atoms with Gasteiger partial charge in [0.1, 0.15) is 6.54 Å². The maximum atomic E-state index is 12.6. The number of carbonyl (C=O) groups excluding carboxylic acids is 1. The molecule has 2 aromatic rings. The van der Waals surface area contributed by atoms with Gasteiger partial charge in [0.2, 0.25) is 0 Å². The predicted octanol–water partition coefficient (Wildman–Crippen LogP) is 1.38. The molecule has 1 amide bonds. The quantitative estimate of drug-likeness (QED) is 0.827. The lowest BCUT2D eigenvalue weighted by molar-refractivity contribution is -0.905. The number of H-pyrrole nitrogens is 1. The molecule has 2 N–H and O–H groups in total. The van der Waals surface area contributed by atoms with Crippen molar-refractivity contribution in [2.75, 3.05) is 26.2 Å². The van der Waals surface area contributed by atoms with Gasteiger partial charge in [-0.15, -0.1) is 0 Å². The number of rotatable bonds is 5. The summed E-state index contributed by atoms with van der Waals surface area (Å²) in [4.78, 5) is 35.3. The van der Waals surface area contributed by atoms with Gasteiger partial charge in [-0.3, -0.25) is 9.59 Å². The molecule has 0 saturated carbocycles. The van der Waals surface area contributed by atoms with Crippen LogP contribution in [-0.4, -0.2) is 47.0 Å². The highest BCUT2D eigenvalue weighted by Crippen LogP contribution is 2.14. The minimum absolute atomic E-state index is 0.170. The molecule has 26 heavy (non-hydrogen) atoms. The molecule has 0 radical (unpaired) electrons. The van der Waals surface area contributed by atoms with E-state index in [2.05, 4.69) is 9.97 Å². The molecule has 140 valence electrons. The molecule has 1 aliphatic rings. The van der Waals surface area contributed by atoms with Gasteiger partial charge in [0.05, 0.1) is 17.4 Å². The number of amides is 1. The third-order valence-corrected chi connectivity index (χ3v) is 5.23. The molecule has 1 aromatic carbocycles. The van der Waals surface area contributed by atoms with Gasteiger partial charge in [0.25, 0.3) is 11.5 Å². The summed E-state index contributed by atoms with van der Waals surface area (Å²) in [5.74, 6) is 0.778. The van der Waals surface area contributed by atoms with Crippen LogP contribution in [0.2, 0.25) is 5.02 Å². The maximum Gasteiger partial charge on any atom is 0.277 e. The molecular formula is C19H26ClN4O2+. The highest BCUT2D eigenvalue weighted by atomic mass is 35.5. The van der Waals surface area contributed by atoms with Crippen molar-refractivity contribution in [2.24, 2.45) is 0 Å². The molecular weight excluding hydrogens is 352 g/mol. The Morgan fingerprint density at radius 2 is 2.00 bits per heavy atom. The van der Waals surface area contributed by atoms with Crippen LogP contribution < -0.4 is 10.5 Å².